The smallest absolute Gasteiger partial charge is 0.136 e. The van der Waals surface area contributed by atoms with Gasteiger partial charge in [0.05, 0.1) is 0 Å². The summed E-state index contributed by atoms with van der Waals surface area (Å²) in [5.74, 6) is 0. The predicted molar refractivity (Wildman–Crippen MR) is 61.9 cm³/mol. The van der Waals surface area contributed by atoms with Crippen LogP contribution in [-0.4, -0.2) is 4.98 Å². The number of pyridine rings is 1. The molecular formula is C11H8ClNS. The van der Waals surface area contributed by atoms with Gasteiger partial charge in [-0.1, -0.05) is 29.8 Å². The molecule has 0 aliphatic rings. The van der Waals surface area contributed by atoms with E-state index in [1.165, 1.54) is 0 Å². The van der Waals surface area contributed by atoms with Gasteiger partial charge < -0.3 is 0 Å². The normalized spacial score (nSPS) is 10.1. The molecule has 14 heavy (non-hydrogen) atoms. The van der Waals surface area contributed by atoms with Gasteiger partial charge in [0.1, 0.15) is 5.15 Å². The second kappa shape index (κ2) is 4.03. The monoisotopic (exact) mass is 221 g/mol. The SMILES string of the molecule is Sc1ccccc1-c1cccnc1Cl. The van der Waals surface area contributed by atoms with E-state index in [2.05, 4.69) is 17.6 Å². The first-order valence-corrected chi connectivity index (χ1v) is 5.00. The number of hydrogen-bond acceptors (Lipinski definition) is 2. The Hall–Kier alpha value is -0.990. The number of rotatable bonds is 1. The first-order valence-electron chi connectivity index (χ1n) is 4.18. The maximum atomic E-state index is 5.99. The molecule has 1 heterocycles. The molecule has 0 unspecified atom stereocenters. The van der Waals surface area contributed by atoms with E-state index in [1.54, 1.807) is 6.20 Å². The minimum absolute atomic E-state index is 0.508. The Morgan fingerprint density at radius 2 is 1.71 bits per heavy atom. The van der Waals surface area contributed by atoms with Gasteiger partial charge in [-0.3, -0.25) is 0 Å². The molecule has 70 valence electrons. The number of hydrogen-bond donors (Lipinski definition) is 1. The average Bonchev–Trinajstić information content (AvgIpc) is 2.20. The van der Waals surface area contributed by atoms with Gasteiger partial charge in [-0.15, -0.1) is 12.6 Å². The fourth-order valence-corrected chi connectivity index (χ4v) is 1.79. The summed E-state index contributed by atoms with van der Waals surface area (Å²) < 4.78 is 0. The van der Waals surface area contributed by atoms with Crippen LogP contribution in [0.2, 0.25) is 5.15 Å². The van der Waals surface area contributed by atoms with Crippen molar-refractivity contribution >= 4 is 24.2 Å². The topological polar surface area (TPSA) is 12.9 Å². The maximum Gasteiger partial charge on any atom is 0.136 e. The molecule has 0 N–H and O–H groups in total. The highest BCUT2D eigenvalue weighted by molar-refractivity contribution is 7.80. The van der Waals surface area contributed by atoms with Gasteiger partial charge in [-0.05, 0) is 23.8 Å². The molecule has 3 heteroatoms. The molecule has 2 rings (SSSR count). The molecule has 0 amide bonds. The molecule has 1 aromatic carbocycles. The van der Waals surface area contributed by atoms with Gasteiger partial charge in [-0.25, -0.2) is 4.98 Å². The first-order chi connectivity index (χ1) is 6.79. The average molecular weight is 222 g/mol. The van der Waals surface area contributed by atoms with Crippen molar-refractivity contribution in [3.05, 3.63) is 47.7 Å². The predicted octanol–water partition coefficient (Wildman–Crippen LogP) is 3.69. The Bertz CT molecular complexity index is 413. The summed E-state index contributed by atoms with van der Waals surface area (Å²) in [4.78, 5) is 4.93. The highest BCUT2D eigenvalue weighted by Crippen LogP contribution is 2.30. The maximum absolute atomic E-state index is 5.99. The van der Waals surface area contributed by atoms with Crippen LogP contribution in [0.1, 0.15) is 0 Å². The zero-order valence-corrected chi connectivity index (χ0v) is 8.96. The van der Waals surface area contributed by atoms with Crippen molar-refractivity contribution in [1.82, 2.24) is 4.98 Å². The van der Waals surface area contributed by atoms with Crippen LogP contribution in [0.5, 0.6) is 0 Å². The van der Waals surface area contributed by atoms with E-state index < -0.39 is 0 Å². The molecule has 0 saturated heterocycles. The fourth-order valence-electron chi connectivity index (χ4n) is 1.29. The van der Waals surface area contributed by atoms with Crippen LogP contribution in [0, 0.1) is 0 Å². The zero-order valence-electron chi connectivity index (χ0n) is 7.31. The van der Waals surface area contributed by atoms with E-state index in [0.717, 1.165) is 16.0 Å². The Kier molecular flexibility index (Phi) is 2.75. The van der Waals surface area contributed by atoms with Crippen molar-refractivity contribution in [3.63, 3.8) is 0 Å². The number of nitrogens with zero attached hydrogens (tertiary/aromatic N) is 1. The highest BCUT2D eigenvalue weighted by Gasteiger charge is 2.05. The number of halogens is 1. The Labute approximate surface area is 93.2 Å². The fraction of sp³-hybridized carbons (Fsp3) is 0. The van der Waals surface area contributed by atoms with Crippen molar-refractivity contribution in [2.75, 3.05) is 0 Å². The Morgan fingerprint density at radius 1 is 1.00 bits per heavy atom. The van der Waals surface area contributed by atoms with E-state index in [1.807, 2.05) is 36.4 Å². The van der Waals surface area contributed by atoms with Crippen LogP contribution in [-0.2, 0) is 0 Å². The van der Waals surface area contributed by atoms with Crippen molar-refractivity contribution in [1.29, 1.82) is 0 Å². The molecule has 0 radical (unpaired) electrons. The summed E-state index contributed by atoms with van der Waals surface area (Å²) in [7, 11) is 0. The largest absolute Gasteiger partial charge is 0.244 e. The molecule has 1 nitrogen and oxygen atoms in total. The Morgan fingerprint density at radius 3 is 2.43 bits per heavy atom. The standard InChI is InChI=1S/C11H8ClNS/c12-11-9(5-3-7-13-11)8-4-1-2-6-10(8)14/h1-7,14H. The van der Waals surface area contributed by atoms with E-state index in [0.29, 0.717) is 5.15 Å². The van der Waals surface area contributed by atoms with Gasteiger partial charge in [0.15, 0.2) is 0 Å². The van der Waals surface area contributed by atoms with Crippen LogP contribution in [0.25, 0.3) is 11.1 Å². The minimum atomic E-state index is 0.508. The number of benzene rings is 1. The highest BCUT2D eigenvalue weighted by atomic mass is 35.5. The second-order valence-corrected chi connectivity index (χ2v) is 3.70. The third kappa shape index (κ3) is 1.76. The molecule has 0 spiro atoms. The lowest BCUT2D eigenvalue weighted by molar-refractivity contribution is 1.31. The lowest BCUT2D eigenvalue weighted by Crippen LogP contribution is -1.83. The van der Waals surface area contributed by atoms with Gasteiger partial charge in [0, 0.05) is 16.7 Å². The molecule has 1 aromatic heterocycles. The van der Waals surface area contributed by atoms with Crippen molar-refractivity contribution in [2.45, 2.75) is 4.90 Å². The van der Waals surface area contributed by atoms with E-state index in [4.69, 9.17) is 11.6 Å². The zero-order chi connectivity index (χ0) is 9.97. The molecule has 0 saturated carbocycles. The van der Waals surface area contributed by atoms with Crippen LogP contribution < -0.4 is 0 Å². The van der Waals surface area contributed by atoms with Gasteiger partial charge in [0.25, 0.3) is 0 Å². The van der Waals surface area contributed by atoms with E-state index >= 15 is 0 Å². The minimum Gasteiger partial charge on any atom is -0.244 e. The quantitative estimate of drug-likeness (QED) is 0.573. The van der Waals surface area contributed by atoms with Crippen LogP contribution in [0.3, 0.4) is 0 Å². The van der Waals surface area contributed by atoms with Crippen LogP contribution >= 0.6 is 24.2 Å². The van der Waals surface area contributed by atoms with Crippen molar-refractivity contribution < 1.29 is 0 Å². The lowest BCUT2D eigenvalue weighted by Gasteiger charge is -2.05. The lowest BCUT2D eigenvalue weighted by atomic mass is 10.1. The number of thiol groups is 1. The van der Waals surface area contributed by atoms with Crippen molar-refractivity contribution in [2.24, 2.45) is 0 Å². The molecular weight excluding hydrogens is 214 g/mol. The summed E-state index contributed by atoms with van der Waals surface area (Å²) in [6, 6.07) is 11.6. The first kappa shape index (κ1) is 9.56. The Balaban J connectivity index is 2.61. The summed E-state index contributed by atoms with van der Waals surface area (Å²) in [5, 5.41) is 0.508. The molecule has 0 fully saturated rings. The molecule has 0 aliphatic carbocycles. The molecule has 0 bridgehead atoms. The third-order valence-corrected chi connectivity index (χ3v) is 2.64. The molecule has 0 aliphatic heterocycles. The van der Waals surface area contributed by atoms with Crippen molar-refractivity contribution in [3.8, 4) is 11.1 Å². The number of aromatic nitrogens is 1. The third-order valence-electron chi connectivity index (χ3n) is 1.95. The summed E-state index contributed by atoms with van der Waals surface area (Å²) >= 11 is 10.4. The van der Waals surface area contributed by atoms with E-state index in [9.17, 15) is 0 Å². The van der Waals surface area contributed by atoms with Gasteiger partial charge >= 0.3 is 0 Å². The summed E-state index contributed by atoms with van der Waals surface area (Å²) in [5.41, 5.74) is 1.92. The summed E-state index contributed by atoms with van der Waals surface area (Å²) in [6.07, 6.45) is 1.67. The van der Waals surface area contributed by atoms with Crippen LogP contribution in [0.4, 0.5) is 0 Å². The van der Waals surface area contributed by atoms with Gasteiger partial charge in [-0.2, -0.15) is 0 Å². The van der Waals surface area contributed by atoms with Gasteiger partial charge in [0.2, 0.25) is 0 Å². The van der Waals surface area contributed by atoms with E-state index in [-0.39, 0.29) is 0 Å². The van der Waals surface area contributed by atoms with Crippen LogP contribution in [0.15, 0.2) is 47.5 Å². The molecule has 2 aromatic rings. The molecule has 0 atom stereocenters. The second-order valence-electron chi connectivity index (χ2n) is 2.86. The summed E-state index contributed by atoms with van der Waals surface area (Å²) in [6.45, 7) is 0.